The van der Waals surface area contributed by atoms with Crippen molar-refractivity contribution in [2.45, 2.75) is 6.42 Å². The van der Waals surface area contributed by atoms with Gasteiger partial charge in [-0.3, -0.25) is 4.79 Å². The number of anilines is 1. The molecule has 0 aliphatic heterocycles. The van der Waals surface area contributed by atoms with E-state index < -0.39 is 5.97 Å². The molecule has 0 unspecified atom stereocenters. The molecule has 0 amide bonds. The maximum Gasteiger partial charge on any atom is 0.307 e. The fourth-order valence-electron chi connectivity index (χ4n) is 2.33. The Kier molecular flexibility index (Phi) is 4.33. The van der Waals surface area contributed by atoms with Crippen LogP contribution < -0.4 is 15.2 Å². The minimum atomic E-state index is -0.949. The predicted octanol–water partition coefficient (Wildman–Crippen LogP) is 2.58. The molecule has 0 saturated carbocycles. The molecule has 0 aromatic heterocycles. The monoisotopic (exact) mass is 287 g/mol. The molecule has 21 heavy (non-hydrogen) atoms. The minimum Gasteiger partial charge on any atom is -0.496 e. The van der Waals surface area contributed by atoms with Crippen molar-refractivity contribution < 1.29 is 19.4 Å². The van der Waals surface area contributed by atoms with Crippen molar-refractivity contribution in [3.8, 4) is 22.6 Å². The molecule has 0 radical (unpaired) electrons. The van der Waals surface area contributed by atoms with Crippen LogP contribution in [0.3, 0.4) is 0 Å². The molecule has 0 saturated heterocycles. The van der Waals surface area contributed by atoms with Gasteiger partial charge in [-0.2, -0.15) is 0 Å². The summed E-state index contributed by atoms with van der Waals surface area (Å²) in [5, 5.41) is 9.15. The van der Waals surface area contributed by atoms with Crippen LogP contribution in [0.25, 0.3) is 11.1 Å². The van der Waals surface area contributed by atoms with Gasteiger partial charge in [0.15, 0.2) is 0 Å². The lowest BCUT2D eigenvalue weighted by Crippen LogP contribution is -2.06. The van der Waals surface area contributed by atoms with Crippen LogP contribution in [-0.4, -0.2) is 25.3 Å². The summed E-state index contributed by atoms with van der Waals surface area (Å²) in [5.74, 6) is 0.173. The highest BCUT2D eigenvalue weighted by Crippen LogP contribution is 2.40. The van der Waals surface area contributed by atoms with Crippen LogP contribution in [0.2, 0.25) is 0 Å². The van der Waals surface area contributed by atoms with E-state index in [-0.39, 0.29) is 6.42 Å². The summed E-state index contributed by atoms with van der Waals surface area (Å²) in [7, 11) is 3.06. The van der Waals surface area contributed by atoms with Gasteiger partial charge >= 0.3 is 5.97 Å². The van der Waals surface area contributed by atoms with Crippen LogP contribution in [0, 0.1) is 0 Å². The third-order valence-corrected chi connectivity index (χ3v) is 3.23. The van der Waals surface area contributed by atoms with Crippen molar-refractivity contribution in [2.24, 2.45) is 0 Å². The molecule has 5 nitrogen and oxygen atoms in total. The highest BCUT2D eigenvalue weighted by molar-refractivity contribution is 5.88. The number of methoxy groups -OCH3 is 2. The summed E-state index contributed by atoms with van der Waals surface area (Å²) in [6.45, 7) is 0. The van der Waals surface area contributed by atoms with E-state index in [9.17, 15) is 4.79 Å². The summed E-state index contributed by atoms with van der Waals surface area (Å²) in [4.78, 5) is 11.2. The molecule has 0 spiro atoms. The van der Waals surface area contributed by atoms with E-state index in [2.05, 4.69) is 0 Å². The molecule has 2 aromatic carbocycles. The highest BCUT2D eigenvalue weighted by atomic mass is 16.5. The molecular formula is C16H17NO4. The number of para-hydroxylation sites is 1. The summed E-state index contributed by atoms with van der Waals surface area (Å²) < 4.78 is 10.6. The number of ether oxygens (including phenoxy) is 2. The molecule has 0 heterocycles. The first-order valence-corrected chi connectivity index (χ1v) is 6.39. The number of carboxylic acids is 1. The SMILES string of the molecule is COc1ccccc1-c1c(N)ccc(OC)c1CC(=O)O. The number of hydrogen-bond acceptors (Lipinski definition) is 4. The number of nitrogen functional groups attached to an aromatic ring is 1. The number of aliphatic carboxylic acids is 1. The van der Waals surface area contributed by atoms with Crippen molar-refractivity contribution >= 4 is 11.7 Å². The fourth-order valence-corrected chi connectivity index (χ4v) is 2.33. The van der Waals surface area contributed by atoms with Gasteiger partial charge in [0.05, 0.1) is 20.6 Å². The Balaban J connectivity index is 2.74. The fraction of sp³-hybridized carbons (Fsp3) is 0.188. The van der Waals surface area contributed by atoms with Gasteiger partial charge < -0.3 is 20.3 Å². The van der Waals surface area contributed by atoms with Crippen molar-refractivity contribution in [3.63, 3.8) is 0 Å². The van der Waals surface area contributed by atoms with Crippen LogP contribution >= 0.6 is 0 Å². The number of benzene rings is 2. The summed E-state index contributed by atoms with van der Waals surface area (Å²) in [6.07, 6.45) is -0.179. The molecule has 0 bridgehead atoms. The molecular weight excluding hydrogens is 270 g/mol. The van der Waals surface area contributed by atoms with E-state index in [1.807, 2.05) is 18.2 Å². The molecule has 3 N–H and O–H groups in total. The van der Waals surface area contributed by atoms with E-state index in [4.69, 9.17) is 20.3 Å². The maximum atomic E-state index is 11.2. The molecule has 0 aliphatic carbocycles. The van der Waals surface area contributed by atoms with Gasteiger partial charge in [-0.1, -0.05) is 18.2 Å². The number of rotatable bonds is 5. The zero-order chi connectivity index (χ0) is 15.4. The van der Waals surface area contributed by atoms with Gasteiger partial charge in [0.2, 0.25) is 0 Å². The summed E-state index contributed by atoms with van der Waals surface area (Å²) >= 11 is 0. The molecule has 0 fully saturated rings. The molecule has 5 heteroatoms. The minimum absolute atomic E-state index is 0.179. The Morgan fingerprint density at radius 2 is 1.76 bits per heavy atom. The van der Waals surface area contributed by atoms with E-state index in [1.54, 1.807) is 25.3 Å². The second-order valence-electron chi connectivity index (χ2n) is 4.48. The third kappa shape index (κ3) is 2.91. The Morgan fingerprint density at radius 3 is 2.38 bits per heavy atom. The van der Waals surface area contributed by atoms with Crippen LogP contribution in [0.4, 0.5) is 5.69 Å². The Labute approximate surface area is 122 Å². The molecule has 110 valence electrons. The Hall–Kier alpha value is -2.69. The number of carboxylic acid groups (broad SMARTS) is 1. The second kappa shape index (κ2) is 6.17. The van der Waals surface area contributed by atoms with Crippen LogP contribution in [0.5, 0.6) is 11.5 Å². The lowest BCUT2D eigenvalue weighted by Gasteiger charge is -2.17. The summed E-state index contributed by atoms with van der Waals surface area (Å²) in [5.41, 5.74) is 8.47. The van der Waals surface area contributed by atoms with Gasteiger partial charge in [-0.15, -0.1) is 0 Å². The smallest absolute Gasteiger partial charge is 0.307 e. The first kappa shape index (κ1) is 14.7. The predicted molar refractivity (Wildman–Crippen MR) is 80.7 cm³/mol. The first-order chi connectivity index (χ1) is 10.1. The normalized spacial score (nSPS) is 10.2. The highest BCUT2D eigenvalue weighted by Gasteiger charge is 2.19. The van der Waals surface area contributed by atoms with E-state index in [0.29, 0.717) is 28.3 Å². The van der Waals surface area contributed by atoms with Gasteiger partial charge in [-0.25, -0.2) is 0 Å². The van der Waals surface area contributed by atoms with Crippen LogP contribution in [-0.2, 0) is 11.2 Å². The van der Waals surface area contributed by atoms with Gasteiger partial charge in [-0.05, 0) is 18.2 Å². The zero-order valence-electron chi connectivity index (χ0n) is 11.9. The van der Waals surface area contributed by atoms with Gasteiger partial charge in [0, 0.05) is 22.4 Å². The quantitative estimate of drug-likeness (QED) is 0.826. The lowest BCUT2D eigenvalue weighted by atomic mass is 9.94. The topological polar surface area (TPSA) is 81.8 Å². The van der Waals surface area contributed by atoms with Crippen molar-refractivity contribution in [1.29, 1.82) is 0 Å². The molecule has 2 aromatic rings. The number of nitrogens with two attached hydrogens (primary N) is 1. The standard InChI is InChI=1S/C16H17NO4/c1-20-13-6-4-3-5-10(13)16-11(9-15(18)19)14(21-2)8-7-12(16)17/h3-8H,9,17H2,1-2H3,(H,18,19). The second-order valence-corrected chi connectivity index (χ2v) is 4.48. The van der Waals surface area contributed by atoms with Gasteiger partial charge in [0.25, 0.3) is 0 Å². The Bertz CT molecular complexity index is 667. The number of carbonyl (C=O) groups is 1. The van der Waals surface area contributed by atoms with E-state index in [1.165, 1.54) is 7.11 Å². The largest absolute Gasteiger partial charge is 0.496 e. The van der Waals surface area contributed by atoms with Crippen LogP contribution in [0.1, 0.15) is 5.56 Å². The van der Waals surface area contributed by atoms with E-state index in [0.717, 1.165) is 5.56 Å². The first-order valence-electron chi connectivity index (χ1n) is 6.39. The lowest BCUT2D eigenvalue weighted by molar-refractivity contribution is -0.136. The van der Waals surface area contributed by atoms with Crippen molar-refractivity contribution in [1.82, 2.24) is 0 Å². The zero-order valence-corrected chi connectivity index (χ0v) is 11.9. The van der Waals surface area contributed by atoms with E-state index >= 15 is 0 Å². The summed E-state index contributed by atoms with van der Waals surface area (Å²) in [6, 6.07) is 10.7. The van der Waals surface area contributed by atoms with Crippen molar-refractivity contribution in [3.05, 3.63) is 42.0 Å². The molecule has 0 atom stereocenters. The maximum absolute atomic E-state index is 11.2. The average molecular weight is 287 g/mol. The third-order valence-electron chi connectivity index (χ3n) is 3.23. The number of hydrogen-bond donors (Lipinski definition) is 2. The van der Waals surface area contributed by atoms with Gasteiger partial charge in [0.1, 0.15) is 11.5 Å². The molecule has 0 aliphatic rings. The van der Waals surface area contributed by atoms with Crippen molar-refractivity contribution in [2.75, 3.05) is 20.0 Å². The molecule has 2 rings (SSSR count). The Morgan fingerprint density at radius 1 is 1.10 bits per heavy atom. The van der Waals surface area contributed by atoms with Crippen LogP contribution in [0.15, 0.2) is 36.4 Å². The average Bonchev–Trinajstić information content (AvgIpc) is 2.47.